The summed E-state index contributed by atoms with van der Waals surface area (Å²) in [6, 6.07) is 7.43. The molecule has 0 aliphatic heterocycles. The molecule has 1 amide bonds. The summed E-state index contributed by atoms with van der Waals surface area (Å²) in [4.78, 5) is 11.9. The summed E-state index contributed by atoms with van der Waals surface area (Å²) in [5, 5.41) is 4.20. The molecule has 0 aliphatic rings. The maximum Gasteiger partial charge on any atom is 0.279 e. The minimum atomic E-state index is -0.644. The zero-order valence-corrected chi connectivity index (χ0v) is 12.9. The van der Waals surface area contributed by atoms with Crippen LogP contribution in [-0.4, -0.2) is 12.5 Å². The van der Waals surface area contributed by atoms with Gasteiger partial charge in [0.1, 0.15) is 23.5 Å². The maximum atomic E-state index is 13.7. The zero-order valence-electron chi connectivity index (χ0n) is 12.9. The zero-order chi connectivity index (χ0) is 17.0. The predicted molar refractivity (Wildman–Crippen MR) is 81.3 cm³/mol. The number of hydrogen-bond donors (Lipinski definition) is 2. The summed E-state index contributed by atoms with van der Waals surface area (Å²) < 4.78 is 39.9. The van der Waals surface area contributed by atoms with Crippen molar-refractivity contribution in [2.45, 2.75) is 19.9 Å². The Morgan fingerprint density at radius 3 is 2.52 bits per heavy atom. The van der Waals surface area contributed by atoms with Gasteiger partial charge >= 0.3 is 0 Å². The molecule has 3 N–H and O–H groups in total. The van der Waals surface area contributed by atoms with Crippen molar-refractivity contribution in [1.29, 1.82) is 0 Å². The molecule has 23 heavy (non-hydrogen) atoms. The molecule has 3 nitrogen and oxygen atoms in total. The van der Waals surface area contributed by atoms with E-state index in [-0.39, 0.29) is 18.5 Å². The Morgan fingerprint density at radius 2 is 1.87 bits per heavy atom. The number of halogens is 3. The number of carbonyl (C=O) groups is 1. The Balaban J connectivity index is 1.91. The van der Waals surface area contributed by atoms with E-state index in [1.807, 2.05) is 0 Å². The molecule has 0 aliphatic carbocycles. The first kappa shape index (κ1) is 17.0. The Bertz CT molecular complexity index is 719. The molecular weight excluding hydrogens is 305 g/mol. The number of carbonyl (C=O) groups excluding carboxylic acids is 1. The van der Waals surface area contributed by atoms with Crippen LogP contribution in [0.2, 0.25) is 0 Å². The molecule has 0 saturated heterocycles. The van der Waals surface area contributed by atoms with Gasteiger partial charge in [-0.2, -0.15) is 0 Å². The third kappa shape index (κ3) is 4.56. The summed E-state index contributed by atoms with van der Waals surface area (Å²) in [5.74, 6) is -2.01. The number of nitrogens with one attached hydrogen (secondary N) is 1. The number of nitrogens with two attached hydrogens (primary N) is 1. The lowest BCUT2D eigenvalue weighted by molar-refractivity contribution is -0.682. The van der Waals surface area contributed by atoms with Gasteiger partial charge in [-0.15, -0.1) is 0 Å². The van der Waals surface area contributed by atoms with E-state index >= 15 is 0 Å². The molecule has 2 aromatic rings. The van der Waals surface area contributed by atoms with Crippen LogP contribution in [0.1, 0.15) is 24.1 Å². The molecule has 0 saturated carbocycles. The second kappa shape index (κ2) is 7.28. The van der Waals surface area contributed by atoms with Crippen LogP contribution in [0.4, 0.5) is 18.9 Å². The van der Waals surface area contributed by atoms with Crippen LogP contribution in [0.25, 0.3) is 0 Å². The van der Waals surface area contributed by atoms with Gasteiger partial charge in [0.05, 0.1) is 0 Å². The molecule has 0 bridgehead atoms. The van der Waals surface area contributed by atoms with Crippen LogP contribution < -0.4 is 10.6 Å². The minimum Gasteiger partial charge on any atom is -0.332 e. The number of aryl methyl sites for hydroxylation is 1. The summed E-state index contributed by atoms with van der Waals surface area (Å²) in [6.45, 7) is 3.39. The van der Waals surface area contributed by atoms with Gasteiger partial charge in [-0.25, -0.2) is 13.2 Å². The monoisotopic (exact) mass is 323 g/mol. The fourth-order valence-corrected chi connectivity index (χ4v) is 2.16. The molecule has 6 heteroatoms. The van der Waals surface area contributed by atoms with Crippen molar-refractivity contribution in [3.63, 3.8) is 0 Å². The third-order valence-corrected chi connectivity index (χ3v) is 3.57. The van der Waals surface area contributed by atoms with Crippen molar-refractivity contribution in [3.8, 4) is 0 Å². The summed E-state index contributed by atoms with van der Waals surface area (Å²) in [7, 11) is 0. The Kier molecular flexibility index (Phi) is 5.39. The van der Waals surface area contributed by atoms with Crippen LogP contribution in [0, 0.1) is 24.4 Å². The van der Waals surface area contributed by atoms with E-state index in [4.69, 9.17) is 0 Å². The highest BCUT2D eigenvalue weighted by Gasteiger charge is 2.16. The van der Waals surface area contributed by atoms with Crippen LogP contribution in [0.3, 0.4) is 0 Å². The third-order valence-electron chi connectivity index (χ3n) is 3.57. The standard InChI is InChI=1S/C17H17F3N2O/c1-10-3-5-13(8-15(10)19)22-17(23)9-21-11(2)14-6-4-12(18)7-16(14)20/h3-8,11,21H,9H2,1-2H3,(H,22,23)/p+1/t11-/m1/s1. The quantitative estimate of drug-likeness (QED) is 0.873. The van der Waals surface area contributed by atoms with E-state index in [2.05, 4.69) is 5.32 Å². The van der Waals surface area contributed by atoms with Gasteiger partial charge in [0.2, 0.25) is 0 Å². The Morgan fingerprint density at radius 1 is 1.13 bits per heavy atom. The van der Waals surface area contributed by atoms with Crippen molar-refractivity contribution in [2.24, 2.45) is 0 Å². The fraction of sp³-hybridized carbons (Fsp3) is 0.235. The van der Waals surface area contributed by atoms with E-state index in [1.54, 1.807) is 31.3 Å². The molecule has 0 spiro atoms. The normalized spacial score (nSPS) is 12.0. The summed E-state index contributed by atoms with van der Waals surface area (Å²) in [6.07, 6.45) is 0. The lowest BCUT2D eigenvalue weighted by Crippen LogP contribution is -2.86. The topological polar surface area (TPSA) is 45.7 Å². The molecule has 0 aromatic heterocycles. The van der Waals surface area contributed by atoms with Gasteiger partial charge < -0.3 is 10.6 Å². The van der Waals surface area contributed by atoms with Gasteiger partial charge in [-0.05, 0) is 43.7 Å². The predicted octanol–water partition coefficient (Wildman–Crippen LogP) is 2.68. The van der Waals surface area contributed by atoms with Crippen LogP contribution in [0.15, 0.2) is 36.4 Å². The number of rotatable bonds is 5. The van der Waals surface area contributed by atoms with Crippen molar-refractivity contribution >= 4 is 11.6 Å². The van der Waals surface area contributed by atoms with Crippen LogP contribution >= 0.6 is 0 Å². The number of quaternary nitrogens is 1. The van der Waals surface area contributed by atoms with Gasteiger partial charge in [0, 0.05) is 17.3 Å². The highest BCUT2D eigenvalue weighted by molar-refractivity contribution is 5.91. The average molecular weight is 323 g/mol. The van der Waals surface area contributed by atoms with E-state index in [9.17, 15) is 18.0 Å². The highest BCUT2D eigenvalue weighted by atomic mass is 19.1. The number of anilines is 1. The fourth-order valence-electron chi connectivity index (χ4n) is 2.16. The number of amides is 1. The van der Waals surface area contributed by atoms with Gasteiger partial charge in [0.15, 0.2) is 6.54 Å². The summed E-state index contributed by atoms with van der Waals surface area (Å²) in [5.41, 5.74) is 1.18. The molecule has 2 aromatic carbocycles. The van der Waals surface area contributed by atoms with Gasteiger partial charge in [-0.3, -0.25) is 4.79 Å². The van der Waals surface area contributed by atoms with Crippen molar-refractivity contribution < 1.29 is 23.3 Å². The Hall–Kier alpha value is -2.34. The second-order valence-electron chi connectivity index (χ2n) is 5.41. The molecule has 0 radical (unpaired) electrons. The first-order valence-corrected chi connectivity index (χ1v) is 7.21. The second-order valence-corrected chi connectivity index (χ2v) is 5.41. The molecule has 1 atom stereocenters. The van der Waals surface area contributed by atoms with Gasteiger partial charge in [0.25, 0.3) is 5.91 Å². The SMILES string of the molecule is Cc1ccc(NC(=O)C[NH2+][C@H](C)c2ccc(F)cc2F)cc1F. The molecule has 0 heterocycles. The van der Waals surface area contributed by atoms with E-state index in [1.165, 1.54) is 18.2 Å². The van der Waals surface area contributed by atoms with E-state index in [0.717, 1.165) is 6.07 Å². The van der Waals surface area contributed by atoms with Crippen LogP contribution in [0.5, 0.6) is 0 Å². The van der Waals surface area contributed by atoms with Crippen molar-refractivity contribution in [3.05, 3.63) is 65.0 Å². The van der Waals surface area contributed by atoms with Crippen LogP contribution in [-0.2, 0) is 4.79 Å². The lowest BCUT2D eigenvalue weighted by Gasteiger charge is -2.12. The lowest BCUT2D eigenvalue weighted by atomic mass is 10.1. The largest absolute Gasteiger partial charge is 0.332 e. The summed E-state index contributed by atoms with van der Waals surface area (Å²) >= 11 is 0. The molecule has 2 rings (SSSR count). The van der Waals surface area contributed by atoms with Crippen molar-refractivity contribution in [1.82, 2.24) is 0 Å². The smallest absolute Gasteiger partial charge is 0.279 e. The number of hydrogen-bond acceptors (Lipinski definition) is 1. The Labute approximate surface area is 132 Å². The molecular formula is C17H18F3N2O+. The number of benzene rings is 2. The molecule has 0 fully saturated rings. The van der Waals surface area contributed by atoms with E-state index < -0.39 is 17.5 Å². The van der Waals surface area contributed by atoms with E-state index in [0.29, 0.717) is 16.8 Å². The first-order chi connectivity index (χ1) is 10.9. The highest BCUT2D eigenvalue weighted by Crippen LogP contribution is 2.15. The average Bonchev–Trinajstić information content (AvgIpc) is 2.48. The molecule has 122 valence electrons. The van der Waals surface area contributed by atoms with Crippen molar-refractivity contribution in [2.75, 3.05) is 11.9 Å². The first-order valence-electron chi connectivity index (χ1n) is 7.21. The van der Waals surface area contributed by atoms with Gasteiger partial charge in [-0.1, -0.05) is 6.07 Å². The molecule has 0 unspecified atom stereocenters. The maximum absolute atomic E-state index is 13.7. The minimum absolute atomic E-state index is 0.0352.